The number of benzene rings is 1. The van der Waals surface area contributed by atoms with Crippen LogP contribution in [0.1, 0.15) is 0 Å². The molecule has 78 valence electrons. The van der Waals surface area contributed by atoms with Gasteiger partial charge in [-0.2, -0.15) is 8.78 Å². The van der Waals surface area contributed by atoms with Crippen molar-refractivity contribution < 1.29 is 18.3 Å². The van der Waals surface area contributed by atoms with E-state index in [1.807, 2.05) is 0 Å². The maximum Gasteiger partial charge on any atom is 0.288 e. The fraction of sp³-hybridized carbons (Fsp3) is 0.333. The molecule has 1 rings (SSSR count). The fourth-order valence-electron chi connectivity index (χ4n) is 0.993. The van der Waals surface area contributed by atoms with Crippen LogP contribution in [0.25, 0.3) is 0 Å². The molecule has 0 atom stereocenters. The van der Waals surface area contributed by atoms with Gasteiger partial charge >= 0.3 is 0 Å². The van der Waals surface area contributed by atoms with Crippen molar-refractivity contribution >= 4 is 11.8 Å². The summed E-state index contributed by atoms with van der Waals surface area (Å²) in [5, 5.41) is 0. The number of ether oxygens (including phenoxy) is 2. The topological polar surface area (TPSA) is 18.5 Å². The maximum absolute atomic E-state index is 12.0. The fourth-order valence-corrected chi connectivity index (χ4v) is 1.52. The summed E-state index contributed by atoms with van der Waals surface area (Å²) < 4.78 is 34.0. The van der Waals surface area contributed by atoms with Crippen molar-refractivity contribution in [3.05, 3.63) is 18.2 Å². The van der Waals surface area contributed by atoms with Crippen LogP contribution in [0.2, 0.25) is 0 Å². The van der Waals surface area contributed by atoms with Crippen molar-refractivity contribution in [1.29, 1.82) is 0 Å². The van der Waals surface area contributed by atoms with Gasteiger partial charge in [-0.1, -0.05) is 11.8 Å². The average molecular weight is 220 g/mol. The van der Waals surface area contributed by atoms with Crippen LogP contribution in [-0.2, 0) is 0 Å². The molecule has 1 aromatic rings. The van der Waals surface area contributed by atoms with Gasteiger partial charge in [0.25, 0.3) is 5.76 Å². The van der Waals surface area contributed by atoms with E-state index in [1.165, 1.54) is 20.3 Å². The number of hydrogen-bond acceptors (Lipinski definition) is 3. The molecule has 0 aliphatic carbocycles. The highest BCUT2D eigenvalue weighted by Crippen LogP contribution is 2.33. The molecule has 5 heteroatoms. The Hall–Kier alpha value is -0.970. The Morgan fingerprint density at radius 1 is 1.14 bits per heavy atom. The van der Waals surface area contributed by atoms with Crippen LogP contribution < -0.4 is 9.47 Å². The van der Waals surface area contributed by atoms with Gasteiger partial charge in [0.15, 0.2) is 11.5 Å². The van der Waals surface area contributed by atoms with Gasteiger partial charge in [-0.3, -0.25) is 0 Å². The van der Waals surface area contributed by atoms with Gasteiger partial charge in [-0.05, 0) is 18.2 Å². The molecule has 0 aromatic heterocycles. The highest BCUT2D eigenvalue weighted by atomic mass is 32.2. The summed E-state index contributed by atoms with van der Waals surface area (Å²) in [5.74, 6) is -1.43. The quantitative estimate of drug-likeness (QED) is 0.727. The van der Waals surface area contributed by atoms with Gasteiger partial charge < -0.3 is 9.47 Å². The van der Waals surface area contributed by atoms with Crippen molar-refractivity contribution in [1.82, 2.24) is 0 Å². The summed E-state index contributed by atoms with van der Waals surface area (Å²) in [4.78, 5) is 0.456. The minimum Gasteiger partial charge on any atom is -0.493 e. The highest BCUT2D eigenvalue weighted by Gasteiger charge is 2.09. The van der Waals surface area contributed by atoms with E-state index in [2.05, 4.69) is 0 Å². The Labute approximate surface area is 85.2 Å². The number of hydrogen-bond donors (Lipinski definition) is 0. The van der Waals surface area contributed by atoms with Crippen molar-refractivity contribution in [2.45, 2.75) is 10.7 Å². The Morgan fingerprint density at radius 2 is 1.79 bits per heavy atom. The zero-order valence-electron chi connectivity index (χ0n) is 7.79. The Morgan fingerprint density at radius 3 is 2.29 bits per heavy atom. The lowest BCUT2D eigenvalue weighted by Gasteiger charge is -2.08. The lowest BCUT2D eigenvalue weighted by molar-refractivity contribution is 0.252. The van der Waals surface area contributed by atoms with Crippen molar-refractivity contribution in [2.75, 3.05) is 14.2 Å². The summed E-state index contributed by atoms with van der Waals surface area (Å²) in [6.07, 6.45) is 0. The third-order valence-corrected chi connectivity index (χ3v) is 2.28. The molecule has 0 amide bonds. The first-order valence-corrected chi connectivity index (χ1v) is 4.72. The predicted octanol–water partition coefficient (Wildman–Crippen LogP) is 3.02. The molecule has 0 aliphatic rings. The van der Waals surface area contributed by atoms with Crippen molar-refractivity contribution in [3.8, 4) is 11.5 Å². The number of alkyl halides is 2. The van der Waals surface area contributed by atoms with E-state index in [9.17, 15) is 8.78 Å². The number of methoxy groups -OCH3 is 2. The minimum atomic E-state index is -2.42. The predicted molar refractivity (Wildman–Crippen MR) is 51.4 cm³/mol. The molecular formula is C9H10F2O2S. The molecule has 14 heavy (non-hydrogen) atoms. The number of rotatable bonds is 4. The summed E-state index contributed by atoms with van der Waals surface area (Å²) in [7, 11) is 2.96. The molecule has 0 bridgehead atoms. The lowest BCUT2D eigenvalue weighted by atomic mass is 10.3. The molecule has 0 fully saturated rings. The Balaban J connectivity index is 2.89. The summed E-state index contributed by atoms with van der Waals surface area (Å²) in [6, 6.07) is 4.69. The van der Waals surface area contributed by atoms with Gasteiger partial charge in [-0.25, -0.2) is 0 Å². The van der Waals surface area contributed by atoms with Gasteiger partial charge in [0.1, 0.15) is 0 Å². The molecular weight excluding hydrogens is 210 g/mol. The molecule has 0 radical (unpaired) electrons. The van der Waals surface area contributed by atoms with Crippen molar-refractivity contribution in [3.63, 3.8) is 0 Å². The SMILES string of the molecule is COc1ccc(SC(F)F)cc1OC. The van der Waals surface area contributed by atoms with Crippen molar-refractivity contribution in [2.24, 2.45) is 0 Å². The first-order valence-electron chi connectivity index (χ1n) is 3.84. The first kappa shape index (κ1) is 11.1. The molecule has 0 saturated heterocycles. The van der Waals surface area contributed by atoms with Crippen LogP contribution in [-0.4, -0.2) is 20.0 Å². The minimum absolute atomic E-state index is 0.456. The Kier molecular flexibility index (Phi) is 4.00. The van der Waals surface area contributed by atoms with Crippen LogP contribution in [0, 0.1) is 0 Å². The van der Waals surface area contributed by atoms with Gasteiger partial charge in [-0.15, -0.1) is 0 Å². The van der Waals surface area contributed by atoms with Crippen LogP contribution >= 0.6 is 11.8 Å². The van der Waals surface area contributed by atoms with E-state index in [0.29, 0.717) is 28.2 Å². The van der Waals surface area contributed by atoms with E-state index in [4.69, 9.17) is 9.47 Å². The van der Waals surface area contributed by atoms with E-state index >= 15 is 0 Å². The standard InChI is InChI=1S/C9H10F2O2S/c1-12-7-4-3-6(14-9(10)11)5-8(7)13-2/h3-5,9H,1-2H3. The Bertz CT molecular complexity index is 305. The van der Waals surface area contributed by atoms with Crippen LogP contribution in [0.3, 0.4) is 0 Å². The van der Waals surface area contributed by atoms with Crippen LogP contribution in [0.4, 0.5) is 8.78 Å². The van der Waals surface area contributed by atoms with Gasteiger partial charge in [0.05, 0.1) is 14.2 Å². The van der Waals surface area contributed by atoms with Gasteiger partial charge in [0, 0.05) is 4.90 Å². The highest BCUT2D eigenvalue weighted by molar-refractivity contribution is 7.99. The molecule has 0 heterocycles. The third kappa shape index (κ3) is 2.77. The van der Waals surface area contributed by atoms with Gasteiger partial charge in [0.2, 0.25) is 0 Å². The third-order valence-electron chi connectivity index (χ3n) is 1.58. The monoisotopic (exact) mass is 220 g/mol. The first-order chi connectivity index (χ1) is 6.67. The molecule has 0 spiro atoms. The molecule has 1 aromatic carbocycles. The summed E-state index contributed by atoms with van der Waals surface area (Å²) in [5.41, 5.74) is 0. The molecule has 0 N–H and O–H groups in total. The van der Waals surface area contributed by atoms with E-state index in [-0.39, 0.29) is 0 Å². The van der Waals surface area contributed by atoms with E-state index < -0.39 is 5.76 Å². The smallest absolute Gasteiger partial charge is 0.288 e. The largest absolute Gasteiger partial charge is 0.493 e. The zero-order valence-corrected chi connectivity index (χ0v) is 8.61. The summed E-state index contributed by atoms with van der Waals surface area (Å²) in [6.45, 7) is 0. The molecule has 0 saturated carbocycles. The molecule has 0 aliphatic heterocycles. The second-order valence-corrected chi connectivity index (χ2v) is 3.46. The van der Waals surface area contributed by atoms with Crippen LogP contribution in [0.15, 0.2) is 23.1 Å². The molecule has 0 unspecified atom stereocenters. The molecule has 2 nitrogen and oxygen atoms in total. The second kappa shape index (κ2) is 5.05. The zero-order chi connectivity index (χ0) is 10.6. The lowest BCUT2D eigenvalue weighted by Crippen LogP contribution is -1.91. The maximum atomic E-state index is 12.0. The normalized spacial score (nSPS) is 10.4. The average Bonchev–Trinajstić information content (AvgIpc) is 2.16. The van der Waals surface area contributed by atoms with E-state index in [1.54, 1.807) is 12.1 Å². The van der Waals surface area contributed by atoms with E-state index in [0.717, 1.165) is 0 Å². The number of thioether (sulfide) groups is 1. The number of halogens is 2. The second-order valence-electron chi connectivity index (χ2n) is 2.40. The summed E-state index contributed by atoms with van der Waals surface area (Å²) >= 11 is 0.478. The van der Waals surface area contributed by atoms with Crippen LogP contribution in [0.5, 0.6) is 11.5 Å².